The number of hydrogen-bond donors (Lipinski definition) is 1. The Hall–Kier alpha value is -2.82. The minimum absolute atomic E-state index is 0.00365. The molecular formula is C21H26N4O. The van der Waals surface area contributed by atoms with Crippen LogP contribution in [-0.2, 0) is 18.4 Å². The van der Waals surface area contributed by atoms with Gasteiger partial charge in [-0.25, -0.2) is 4.98 Å². The van der Waals surface area contributed by atoms with Gasteiger partial charge in [0, 0.05) is 33.3 Å². The van der Waals surface area contributed by atoms with E-state index in [1.807, 2.05) is 26.1 Å². The Morgan fingerprint density at radius 3 is 2.46 bits per heavy atom. The Bertz CT molecular complexity index is 967. The first-order chi connectivity index (χ1) is 12.3. The molecule has 1 heterocycles. The lowest BCUT2D eigenvalue weighted by Gasteiger charge is -2.18. The number of aryl methyl sites for hydroxylation is 4. The number of amides is 1. The molecule has 136 valence electrons. The summed E-state index contributed by atoms with van der Waals surface area (Å²) in [5.41, 5.74) is 7.56. The fraction of sp³-hybridized carbons (Fsp3) is 0.333. The molecule has 5 nitrogen and oxygen atoms in total. The summed E-state index contributed by atoms with van der Waals surface area (Å²) in [5, 5.41) is 3.55. The number of carbonyl (C=O) groups is 1. The largest absolute Gasteiger partial charge is 0.379 e. The number of benzene rings is 2. The topological polar surface area (TPSA) is 50.2 Å². The second-order valence-corrected chi connectivity index (χ2v) is 6.88. The van der Waals surface area contributed by atoms with Crippen molar-refractivity contribution in [1.29, 1.82) is 0 Å². The number of fused-ring (bicyclic) bond motifs is 1. The highest BCUT2D eigenvalue weighted by molar-refractivity contribution is 5.98. The van der Waals surface area contributed by atoms with Crippen molar-refractivity contribution in [3.8, 4) is 0 Å². The zero-order chi connectivity index (χ0) is 19.0. The van der Waals surface area contributed by atoms with E-state index in [-0.39, 0.29) is 5.91 Å². The zero-order valence-electron chi connectivity index (χ0n) is 16.3. The van der Waals surface area contributed by atoms with Crippen LogP contribution in [0.5, 0.6) is 0 Å². The van der Waals surface area contributed by atoms with Crippen LogP contribution in [0.25, 0.3) is 11.0 Å². The fourth-order valence-electron chi connectivity index (χ4n) is 3.21. The SMILES string of the molecule is CC(=O)N(C)c1cc(NCc2c(C)cccc2C)c2nc(C)n(C)c2c1. The number of imidazole rings is 1. The third kappa shape index (κ3) is 3.17. The molecule has 1 amide bonds. The van der Waals surface area contributed by atoms with Crippen LogP contribution in [0.3, 0.4) is 0 Å². The fourth-order valence-corrected chi connectivity index (χ4v) is 3.21. The van der Waals surface area contributed by atoms with Crippen molar-refractivity contribution in [2.45, 2.75) is 34.2 Å². The van der Waals surface area contributed by atoms with Crippen LogP contribution in [0.2, 0.25) is 0 Å². The molecule has 0 saturated heterocycles. The van der Waals surface area contributed by atoms with Crippen LogP contribution in [0.1, 0.15) is 29.4 Å². The Morgan fingerprint density at radius 1 is 1.19 bits per heavy atom. The summed E-state index contributed by atoms with van der Waals surface area (Å²) in [7, 11) is 3.79. The molecule has 0 bridgehead atoms. The number of rotatable bonds is 4. The van der Waals surface area contributed by atoms with Crippen LogP contribution in [0.15, 0.2) is 30.3 Å². The van der Waals surface area contributed by atoms with Gasteiger partial charge in [-0.2, -0.15) is 0 Å². The number of anilines is 2. The van der Waals surface area contributed by atoms with Crippen molar-refractivity contribution in [1.82, 2.24) is 9.55 Å². The standard InChI is InChI=1S/C21H26N4O/c1-13-8-7-9-14(2)18(13)12-22-19-10-17(25(6)16(4)26)11-20-21(19)23-15(3)24(20)5/h7-11,22H,12H2,1-6H3. The molecule has 2 aromatic carbocycles. The Kier molecular flexibility index (Phi) is 4.72. The average molecular weight is 350 g/mol. The monoisotopic (exact) mass is 350 g/mol. The summed E-state index contributed by atoms with van der Waals surface area (Å²) >= 11 is 0. The van der Waals surface area contributed by atoms with E-state index >= 15 is 0 Å². The third-order valence-electron chi connectivity index (χ3n) is 5.15. The molecule has 3 aromatic rings. The molecule has 0 aliphatic rings. The lowest BCUT2D eigenvalue weighted by molar-refractivity contribution is -0.116. The van der Waals surface area contributed by atoms with E-state index in [2.05, 4.69) is 41.9 Å². The molecule has 0 fully saturated rings. The van der Waals surface area contributed by atoms with Gasteiger partial charge in [-0.15, -0.1) is 0 Å². The van der Waals surface area contributed by atoms with E-state index in [1.165, 1.54) is 16.7 Å². The molecular weight excluding hydrogens is 324 g/mol. The van der Waals surface area contributed by atoms with E-state index in [0.717, 1.165) is 34.8 Å². The molecule has 0 unspecified atom stereocenters. The van der Waals surface area contributed by atoms with Crippen LogP contribution in [0, 0.1) is 20.8 Å². The van der Waals surface area contributed by atoms with E-state index in [9.17, 15) is 4.79 Å². The van der Waals surface area contributed by atoms with Gasteiger partial charge in [0.1, 0.15) is 11.3 Å². The first-order valence-corrected chi connectivity index (χ1v) is 8.80. The quantitative estimate of drug-likeness (QED) is 0.771. The van der Waals surface area contributed by atoms with Gasteiger partial charge in [0.2, 0.25) is 5.91 Å². The third-order valence-corrected chi connectivity index (χ3v) is 5.15. The second-order valence-electron chi connectivity index (χ2n) is 6.88. The normalized spacial score (nSPS) is 11.0. The Morgan fingerprint density at radius 2 is 1.85 bits per heavy atom. The van der Waals surface area contributed by atoms with Crippen molar-refractivity contribution in [3.63, 3.8) is 0 Å². The second kappa shape index (κ2) is 6.83. The predicted molar refractivity (Wildman–Crippen MR) is 108 cm³/mol. The summed E-state index contributed by atoms with van der Waals surface area (Å²) < 4.78 is 2.05. The number of nitrogens with one attached hydrogen (secondary N) is 1. The molecule has 0 atom stereocenters. The molecule has 0 aliphatic carbocycles. The molecule has 1 aromatic heterocycles. The highest BCUT2D eigenvalue weighted by Crippen LogP contribution is 2.30. The first kappa shape index (κ1) is 18.0. The van der Waals surface area contributed by atoms with E-state index in [4.69, 9.17) is 4.98 Å². The summed E-state index contributed by atoms with van der Waals surface area (Å²) in [6.45, 7) is 8.54. The summed E-state index contributed by atoms with van der Waals surface area (Å²) in [6, 6.07) is 10.4. The van der Waals surface area contributed by atoms with Gasteiger partial charge >= 0.3 is 0 Å². The van der Waals surface area contributed by atoms with Gasteiger partial charge in [0.25, 0.3) is 0 Å². The lowest BCUT2D eigenvalue weighted by atomic mass is 10.0. The molecule has 26 heavy (non-hydrogen) atoms. The van der Waals surface area contributed by atoms with Crippen molar-refractivity contribution in [3.05, 3.63) is 52.8 Å². The smallest absolute Gasteiger partial charge is 0.223 e. The van der Waals surface area contributed by atoms with Gasteiger partial charge in [0.15, 0.2) is 0 Å². The maximum absolute atomic E-state index is 11.8. The van der Waals surface area contributed by atoms with Crippen LogP contribution >= 0.6 is 0 Å². The van der Waals surface area contributed by atoms with Crippen molar-refractivity contribution < 1.29 is 4.79 Å². The van der Waals surface area contributed by atoms with E-state index in [1.54, 1.807) is 18.9 Å². The van der Waals surface area contributed by atoms with Gasteiger partial charge in [-0.05, 0) is 49.6 Å². The molecule has 1 N–H and O–H groups in total. The van der Waals surface area contributed by atoms with Gasteiger partial charge in [-0.1, -0.05) is 18.2 Å². The van der Waals surface area contributed by atoms with Crippen LogP contribution in [0.4, 0.5) is 11.4 Å². The van der Waals surface area contributed by atoms with Crippen LogP contribution < -0.4 is 10.2 Å². The predicted octanol–water partition coefficient (Wildman–Crippen LogP) is 4.09. The highest BCUT2D eigenvalue weighted by atomic mass is 16.2. The Labute approximate surface area is 154 Å². The van der Waals surface area contributed by atoms with E-state index < -0.39 is 0 Å². The average Bonchev–Trinajstić information content (AvgIpc) is 2.88. The summed E-state index contributed by atoms with van der Waals surface area (Å²) in [5.74, 6) is 0.946. The minimum Gasteiger partial charge on any atom is -0.379 e. The van der Waals surface area contributed by atoms with Gasteiger partial charge < -0.3 is 14.8 Å². The van der Waals surface area contributed by atoms with Crippen molar-refractivity contribution >= 4 is 28.3 Å². The Balaban J connectivity index is 2.06. The molecule has 3 rings (SSSR count). The molecule has 0 aliphatic heterocycles. The molecule has 5 heteroatoms. The molecule has 0 spiro atoms. The maximum Gasteiger partial charge on any atom is 0.223 e. The van der Waals surface area contributed by atoms with Gasteiger partial charge in [-0.3, -0.25) is 4.79 Å². The summed E-state index contributed by atoms with van der Waals surface area (Å²) in [6.07, 6.45) is 0. The number of nitrogens with zero attached hydrogens (tertiary/aromatic N) is 3. The van der Waals surface area contributed by atoms with Crippen LogP contribution in [-0.4, -0.2) is 22.5 Å². The van der Waals surface area contributed by atoms with Crippen molar-refractivity contribution in [2.24, 2.45) is 7.05 Å². The van der Waals surface area contributed by atoms with Crippen molar-refractivity contribution in [2.75, 3.05) is 17.3 Å². The van der Waals surface area contributed by atoms with E-state index in [0.29, 0.717) is 0 Å². The van der Waals surface area contributed by atoms with Gasteiger partial charge in [0.05, 0.1) is 11.2 Å². The lowest BCUT2D eigenvalue weighted by Crippen LogP contribution is -2.23. The summed E-state index contributed by atoms with van der Waals surface area (Å²) in [4.78, 5) is 18.2. The minimum atomic E-state index is 0.00365. The first-order valence-electron chi connectivity index (χ1n) is 8.80. The maximum atomic E-state index is 11.8. The zero-order valence-corrected chi connectivity index (χ0v) is 16.3. The molecule has 0 radical (unpaired) electrons. The number of hydrogen-bond acceptors (Lipinski definition) is 3. The molecule has 0 saturated carbocycles. The number of aromatic nitrogens is 2. The highest BCUT2D eigenvalue weighted by Gasteiger charge is 2.15. The number of carbonyl (C=O) groups excluding carboxylic acids is 1.